The van der Waals surface area contributed by atoms with Gasteiger partial charge in [-0.3, -0.25) is 4.79 Å². The largest absolute Gasteiger partial charge is 0.434 e. The molecule has 21 heavy (non-hydrogen) atoms. The second-order valence-corrected chi connectivity index (χ2v) is 5.32. The minimum Gasteiger partial charge on any atom is -0.434 e. The number of ether oxygens (including phenoxy) is 1. The highest BCUT2D eigenvalue weighted by molar-refractivity contribution is 5.76. The molecule has 1 aromatic rings. The Hall–Kier alpha value is -1.69. The summed E-state index contributed by atoms with van der Waals surface area (Å²) in [5, 5.41) is 2.74. The van der Waals surface area contributed by atoms with Crippen molar-refractivity contribution in [2.24, 2.45) is 11.7 Å². The van der Waals surface area contributed by atoms with Gasteiger partial charge in [0.1, 0.15) is 5.75 Å². The standard InChI is InChI=1S/C15H20F2N2O2/c16-15(17)21-13-7-2-1-4-11(13)9-19-14(20)8-10-5-3-6-12(10)18/h1-2,4,7,10,12,15H,3,5-6,8-9,18H2,(H,19,20)/t10-,12+/m0/s1. The van der Waals surface area contributed by atoms with Gasteiger partial charge >= 0.3 is 6.61 Å². The molecule has 1 fully saturated rings. The fourth-order valence-corrected chi connectivity index (χ4v) is 2.68. The zero-order valence-corrected chi connectivity index (χ0v) is 11.7. The minimum atomic E-state index is -2.88. The van der Waals surface area contributed by atoms with Gasteiger partial charge in [-0.15, -0.1) is 0 Å². The highest BCUT2D eigenvalue weighted by Gasteiger charge is 2.25. The Morgan fingerprint density at radius 3 is 2.81 bits per heavy atom. The number of amides is 1. The lowest BCUT2D eigenvalue weighted by molar-refractivity contribution is -0.122. The van der Waals surface area contributed by atoms with Gasteiger partial charge in [0.15, 0.2) is 0 Å². The van der Waals surface area contributed by atoms with E-state index in [1.54, 1.807) is 18.2 Å². The number of carbonyl (C=O) groups is 1. The van der Waals surface area contributed by atoms with Gasteiger partial charge < -0.3 is 15.8 Å². The van der Waals surface area contributed by atoms with Crippen LogP contribution in [0, 0.1) is 5.92 Å². The third-order valence-corrected chi connectivity index (χ3v) is 3.83. The Kier molecular flexibility index (Phi) is 5.50. The normalized spacial score (nSPS) is 21.5. The van der Waals surface area contributed by atoms with Crippen LogP contribution in [0.15, 0.2) is 24.3 Å². The summed E-state index contributed by atoms with van der Waals surface area (Å²) in [7, 11) is 0. The van der Waals surface area contributed by atoms with E-state index in [-0.39, 0.29) is 30.2 Å². The first-order valence-corrected chi connectivity index (χ1v) is 7.11. The summed E-state index contributed by atoms with van der Waals surface area (Å²) >= 11 is 0. The molecule has 6 heteroatoms. The SMILES string of the molecule is N[C@@H]1CCC[C@H]1CC(=O)NCc1ccccc1OC(F)F. The fraction of sp³-hybridized carbons (Fsp3) is 0.533. The molecule has 0 aromatic heterocycles. The highest BCUT2D eigenvalue weighted by atomic mass is 19.3. The van der Waals surface area contributed by atoms with Crippen LogP contribution in [0.25, 0.3) is 0 Å². The molecule has 1 amide bonds. The Bertz CT molecular complexity index is 482. The van der Waals surface area contributed by atoms with E-state index in [0.717, 1.165) is 19.3 Å². The molecule has 1 aliphatic rings. The maximum atomic E-state index is 12.3. The van der Waals surface area contributed by atoms with E-state index in [1.807, 2.05) is 0 Å². The second-order valence-electron chi connectivity index (χ2n) is 5.32. The maximum absolute atomic E-state index is 12.3. The predicted molar refractivity (Wildman–Crippen MR) is 74.9 cm³/mol. The average molecular weight is 298 g/mol. The molecular weight excluding hydrogens is 278 g/mol. The first-order valence-electron chi connectivity index (χ1n) is 7.11. The summed E-state index contributed by atoms with van der Waals surface area (Å²) in [5.41, 5.74) is 6.46. The molecule has 4 nitrogen and oxygen atoms in total. The lowest BCUT2D eigenvalue weighted by Crippen LogP contribution is -2.31. The number of alkyl halides is 2. The van der Waals surface area contributed by atoms with E-state index in [4.69, 9.17) is 5.73 Å². The van der Waals surface area contributed by atoms with Crippen molar-refractivity contribution in [2.45, 2.75) is 44.9 Å². The van der Waals surface area contributed by atoms with Gasteiger partial charge in [-0.05, 0) is 24.8 Å². The number of nitrogens with two attached hydrogens (primary N) is 1. The minimum absolute atomic E-state index is 0.0882. The molecule has 0 unspecified atom stereocenters. The molecule has 116 valence electrons. The van der Waals surface area contributed by atoms with Gasteiger partial charge in [-0.25, -0.2) is 0 Å². The molecule has 0 bridgehead atoms. The second kappa shape index (κ2) is 7.36. The van der Waals surface area contributed by atoms with Crippen LogP contribution in [0.4, 0.5) is 8.78 Å². The van der Waals surface area contributed by atoms with Crippen LogP contribution >= 0.6 is 0 Å². The molecule has 3 N–H and O–H groups in total. The van der Waals surface area contributed by atoms with E-state index in [2.05, 4.69) is 10.1 Å². The third kappa shape index (κ3) is 4.67. The van der Waals surface area contributed by atoms with Crippen LogP contribution in [-0.2, 0) is 11.3 Å². The Morgan fingerprint density at radius 2 is 2.14 bits per heavy atom. The molecule has 0 radical (unpaired) electrons. The molecule has 2 rings (SSSR count). The molecule has 0 heterocycles. The molecule has 1 aliphatic carbocycles. The number of hydrogen-bond donors (Lipinski definition) is 2. The Labute approximate surface area is 122 Å². The highest BCUT2D eigenvalue weighted by Crippen LogP contribution is 2.26. The summed E-state index contributed by atoms with van der Waals surface area (Å²) in [6, 6.07) is 6.53. The molecular formula is C15H20F2N2O2. The topological polar surface area (TPSA) is 64.4 Å². The van der Waals surface area contributed by atoms with Crippen LogP contribution in [0.5, 0.6) is 5.75 Å². The number of benzene rings is 1. The number of hydrogen-bond acceptors (Lipinski definition) is 3. The molecule has 2 atom stereocenters. The predicted octanol–water partition coefficient (Wildman–Crippen LogP) is 2.42. The number of rotatable bonds is 6. The summed E-state index contributed by atoms with van der Waals surface area (Å²) in [4.78, 5) is 11.9. The Morgan fingerprint density at radius 1 is 1.38 bits per heavy atom. The molecule has 0 saturated heterocycles. The number of para-hydroxylation sites is 1. The van der Waals surface area contributed by atoms with Crippen LogP contribution < -0.4 is 15.8 Å². The van der Waals surface area contributed by atoms with Crippen molar-refractivity contribution in [2.75, 3.05) is 0 Å². The van der Waals surface area contributed by atoms with E-state index in [0.29, 0.717) is 12.0 Å². The smallest absolute Gasteiger partial charge is 0.387 e. The van der Waals surface area contributed by atoms with E-state index < -0.39 is 6.61 Å². The summed E-state index contributed by atoms with van der Waals surface area (Å²) in [6.07, 6.45) is 3.38. The van der Waals surface area contributed by atoms with Crippen molar-refractivity contribution >= 4 is 5.91 Å². The van der Waals surface area contributed by atoms with Gasteiger partial charge in [-0.2, -0.15) is 8.78 Å². The lowest BCUT2D eigenvalue weighted by atomic mass is 10.00. The summed E-state index contributed by atoms with van der Waals surface area (Å²) in [6.45, 7) is -2.71. The third-order valence-electron chi connectivity index (χ3n) is 3.83. The molecule has 0 spiro atoms. The van der Waals surface area contributed by atoms with E-state index >= 15 is 0 Å². The van der Waals surface area contributed by atoms with Gasteiger partial charge in [0.05, 0.1) is 0 Å². The van der Waals surface area contributed by atoms with E-state index in [1.165, 1.54) is 6.07 Å². The van der Waals surface area contributed by atoms with Gasteiger partial charge in [-0.1, -0.05) is 24.6 Å². The number of nitrogens with one attached hydrogen (secondary N) is 1. The van der Waals surface area contributed by atoms with Crippen molar-refractivity contribution in [1.82, 2.24) is 5.32 Å². The van der Waals surface area contributed by atoms with Crippen molar-refractivity contribution in [1.29, 1.82) is 0 Å². The quantitative estimate of drug-likeness (QED) is 0.847. The van der Waals surface area contributed by atoms with Gasteiger partial charge in [0.25, 0.3) is 0 Å². The fourth-order valence-electron chi connectivity index (χ4n) is 2.68. The van der Waals surface area contributed by atoms with Crippen molar-refractivity contribution in [3.8, 4) is 5.75 Å². The molecule has 0 aliphatic heterocycles. The summed E-state index contributed by atoms with van der Waals surface area (Å²) in [5.74, 6) is 0.201. The van der Waals surface area contributed by atoms with Crippen LogP contribution in [0.1, 0.15) is 31.2 Å². The van der Waals surface area contributed by atoms with Crippen LogP contribution in [-0.4, -0.2) is 18.6 Å². The first-order chi connectivity index (χ1) is 10.1. The van der Waals surface area contributed by atoms with Crippen LogP contribution in [0.2, 0.25) is 0 Å². The van der Waals surface area contributed by atoms with E-state index in [9.17, 15) is 13.6 Å². The monoisotopic (exact) mass is 298 g/mol. The molecule has 1 saturated carbocycles. The first kappa shape index (κ1) is 15.7. The lowest BCUT2D eigenvalue weighted by Gasteiger charge is -2.15. The maximum Gasteiger partial charge on any atom is 0.387 e. The van der Waals surface area contributed by atoms with Crippen molar-refractivity contribution in [3.05, 3.63) is 29.8 Å². The van der Waals surface area contributed by atoms with Crippen LogP contribution in [0.3, 0.4) is 0 Å². The Balaban J connectivity index is 1.86. The van der Waals surface area contributed by atoms with Gasteiger partial charge in [0.2, 0.25) is 5.91 Å². The van der Waals surface area contributed by atoms with Gasteiger partial charge in [0, 0.05) is 24.6 Å². The van der Waals surface area contributed by atoms with Crippen molar-refractivity contribution < 1.29 is 18.3 Å². The average Bonchev–Trinajstić information content (AvgIpc) is 2.83. The summed E-state index contributed by atoms with van der Waals surface area (Å²) < 4.78 is 29.0. The zero-order valence-electron chi connectivity index (χ0n) is 11.7. The number of carbonyl (C=O) groups excluding carboxylic acids is 1. The number of halogens is 2. The zero-order chi connectivity index (χ0) is 15.2. The van der Waals surface area contributed by atoms with Crippen molar-refractivity contribution in [3.63, 3.8) is 0 Å². The molecule has 1 aromatic carbocycles.